The van der Waals surface area contributed by atoms with Crippen LogP contribution in [0.25, 0.3) is 10.9 Å². The van der Waals surface area contributed by atoms with Crippen LogP contribution in [-0.2, 0) is 16.8 Å². The van der Waals surface area contributed by atoms with Gasteiger partial charge in [0.25, 0.3) is 10.2 Å². The van der Waals surface area contributed by atoms with Crippen LogP contribution in [0.3, 0.4) is 0 Å². The van der Waals surface area contributed by atoms with Crippen LogP contribution in [0.2, 0.25) is 0 Å². The van der Waals surface area contributed by atoms with Crippen molar-refractivity contribution in [3.05, 3.63) is 41.6 Å². The molecule has 0 aliphatic rings. The first-order chi connectivity index (χ1) is 9.32. The van der Waals surface area contributed by atoms with Crippen molar-refractivity contribution in [2.45, 2.75) is 13.5 Å². The highest BCUT2D eigenvalue weighted by Gasteiger charge is 2.21. The smallest absolute Gasteiger partial charge is 0.253 e. The van der Waals surface area contributed by atoms with Crippen LogP contribution in [0.4, 0.5) is 0 Å². The largest absolute Gasteiger partial charge is 0.281 e. The van der Waals surface area contributed by atoms with Gasteiger partial charge in [0.1, 0.15) is 0 Å². The minimum Gasteiger partial charge on any atom is -0.253 e. The Bertz CT molecular complexity index is 726. The number of aryl methyl sites for hydroxylation is 1. The lowest BCUT2D eigenvalue weighted by atomic mass is 10.1. The van der Waals surface area contributed by atoms with E-state index in [2.05, 4.69) is 4.98 Å². The van der Waals surface area contributed by atoms with E-state index in [0.717, 1.165) is 22.2 Å². The zero-order valence-corrected chi connectivity index (χ0v) is 13.0. The second-order valence-electron chi connectivity index (χ2n) is 4.99. The number of para-hydroxylation sites is 1. The fraction of sp³-hybridized carbons (Fsp3) is 0.357. The van der Waals surface area contributed by atoms with Crippen LogP contribution in [0.1, 0.15) is 11.3 Å². The molecule has 0 atom stereocenters. The Morgan fingerprint density at radius 3 is 2.45 bits per heavy atom. The van der Waals surface area contributed by atoms with Crippen LogP contribution in [0.15, 0.2) is 30.3 Å². The molecule has 6 heteroatoms. The molecule has 108 valence electrons. The topological polar surface area (TPSA) is 53.5 Å². The highest BCUT2D eigenvalue weighted by atomic mass is 32.2. The minimum absolute atomic E-state index is 0.324. The van der Waals surface area contributed by atoms with Crippen molar-refractivity contribution in [3.8, 4) is 0 Å². The number of nitrogens with zero attached hydrogens (tertiary/aromatic N) is 3. The highest BCUT2D eigenvalue weighted by molar-refractivity contribution is 7.86. The minimum atomic E-state index is -3.41. The summed E-state index contributed by atoms with van der Waals surface area (Å²) in [4.78, 5) is 4.46. The van der Waals surface area contributed by atoms with Crippen molar-refractivity contribution < 1.29 is 8.42 Å². The lowest BCUT2D eigenvalue weighted by Crippen LogP contribution is -2.36. The summed E-state index contributed by atoms with van der Waals surface area (Å²) in [6.07, 6.45) is 0. The molecule has 1 heterocycles. The summed E-state index contributed by atoms with van der Waals surface area (Å²) in [5, 5.41) is 0.985. The molecule has 0 saturated carbocycles. The quantitative estimate of drug-likeness (QED) is 0.863. The van der Waals surface area contributed by atoms with Crippen molar-refractivity contribution in [2.75, 3.05) is 21.1 Å². The standard InChI is InChI=1S/C14H19N3O2S/c1-11-9-12(10-17(4)20(18,19)16(2)3)13-7-5-6-8-14(13)15-11/h5-9H,10H2,1-4H3. The van der Waals surface area contributed by atoms with E-state index in [1.165, 1.54) is 22.7 Å². The molecule has 0 saturated heterocycles. The summed E-state index contributed by atoms with van der Waals surface area (Å²) in [5.41, 5.74) is 2.73. The third-order valence-corrected chi connectivity index (χ3v) is 5.02. The van der Waals surface area contributed by atoms with E-state index in [4.69, 9.17) is 0 Å². The van der Waals surface area contributed by atoms with E-state index in [9.17, 15) is 8.42 Å². The molecule has 1 aromatic heterocycles. The molecule has 0 aliphatic heterocycles. The average molecular weight is 293 g/mol. The normalized spacial score (nSPS) is 12.5. The van der Waals surface area contributed by atoms with Crippen LogP contribution in [-0.4, -0.2) is 43.2 Å². The summed E-state index contributed by atoms with van der Waals surface area (Å²) in [6.45, 7) is 2.24. The van der Waals surface area contributed by atoms with Gasteiger partial charge in [0.15, 0.2) is 0 Å². The Kier molecular flexibility index (Phi) is 4.08. The van der Waals surface area contributed by atoms with Crippen LogP contribution < -0.4 is 0 Å². The van der Waals surface area contributed by atoms with Crippen molar-refractivity contribution in [2.24, 2.45) is 0 Å². The lowest BCUT2D eigenvalue weighted by Gasteiger charge is -2.22. The first-order valence-corrected chi connectivity index (χ1v) is 7.71. The third-order valence-electron chi connectivity index (χ3n) is 3.18. The van der Waals surface area contributed by atoms with Crippen molar-refractivity contribution in [1.82, 2.24) is 13.6 Å². The Morgan fingerprint density at radius 2 is 1.80 bits per heavy atom. The summed E-state index contributed by atoms with van der Waals surface area (Å²) >= 11 is 0. The monoisotopic (exact) mass is 293 g/mol. The van der Waals surface area contributed by atoms with E-state index in [-0.39, 0.29) is 0 Å². The van der Waals surface area contributed by atoms with Gasteiger partial charge in [-0.2, -0.15) is 17.0 Å². The second-order valence-corrected chi connectivity index (χ2v) is 7.24. The van der Waals surface area contributed by atoms with Crippen LogP contribution in [0, 0.1) is 6.92 Å². The van der Waals surface area contributed by atoms with Gasteiger partial charge in [0, 0.05) is 38.8 Å². The average Bonchev–Trinajstić information content (AvgIpc) is 2.38. The summed E-state index contributed by atoms with van der Waals surface area (Å²) in [7, 11) is 1.23. The maximum atomic E-state index is 12.1. The molecule has 5 nitrogen and oxygen atoms in total. The van der Waals surface area contributed by atoms with Crippen molar-refractivity contribution in [1.29, 1.82) is 0 Å². The lowest BCUT2D eigenvalue weighted by molar-refractivity contribution is 0.415. The zero-order chi connectivity index (χ0) is 14.9. The zero-order valence-electron chi connectivity index (χ0n) is 12.2. The number of aromatic nitrogens is 1. The van der Waals surface area contributed by atoms with Gasteiger partial charge in [0.05, 0.1) is 5.52 Å². The summed E-state index contributed by atoms with van der Waals surface area (Å²) in [6, 6.07) is 9.70. The molecular formula is C14H19N3O2S. The first-order valence-electron chi connectivity index (χ1n) is 6.31. The fourth-order valence-electron chi connectivity index (χ4n) is 2.13. The maximum Gasteiger partial charge on any atom is 0.281 e. The number of hydrogen-bond donors (Lipinski definition) is 0. The van der Waals surface area contributed by atoms with Gasteiger partial charge in [-0.3, -0.25) is 4.98 Å². The Balaban J connectivity index is 2.44. The Hall–Kier alpha value is -1.50. The van der Waals surface area contributed by atoms with E-state index in [1.54, 1.807) is 7.05 Å². The molecule has 0 aliphatic carbocycles. The Morgan fingerprint density at radius 1 is 1.15 bits per heavy atom. The number of benzene rings is 1. The molecule has 0 radical (unpaired) electrons. The van der Waals surface area contributed by atoms with Crippen molar-refractivity contribution in [3.63, 3.8) is 0 Å². The molecule has 1 aromatic carbocycles. The number of rotatable bonds is 4. The number of fused-ring (bicyclic) bond motifs is 1. The molecule has 0 spiro atoms. The fourth-order valence-corrected chi connectivity index (χ4v) is 2.99. The van der Waals surface area contributed by atoms with Gasteiger partial charge in [0.2, 0.25) is 0 Å². The van der Waals surface area contributed by atoms with E-state index >= 15 is 0 Å². The van der Waals surface area contributed by atoms with Gasteiger partial charge < -0.3 is 0 Å². The molecule has 2 rings (SSSR count). The predicted molar refractivity (Wildman–Crippen MR) is 80.6 cm³/mol. The van der Waals surface area contributed by atoms with Crippen molar-refractivity contribution >= 4 is 21.1 Å². The van der Waals surface area contributed by atoms with Crippen LogP contribution >= 0.6 is 0 Å². The SMILES string of the molecule is Cc1cc(CN(C)S(=O)(=O)N(C)C)c2ccccc2n1. The molecule has 0 N–H and O–H groups in total. The van der Waals surface area contributed by atoms with Gasteiger partial charge in [-0.25, -0.2) is 0 Å². The number of pyridine rings is 1. The maximum absolute atomic E-state index is 12.1. The molecular weight excluding hydrogens is 274 g/mol. The second kappa shape index (κ2) is 5.47. The first kappa shape index (κ1) is 14.9. The summed E-state index contributed by atoms with van der Waals surface area (Å²) < 4.78 is 26.7. The highest BCUT2D eigenvalue weighted by Crippen LogP contribution is 2.20. The Labute approximate surface area is 120 Å². The van der Waals surface area contributed by atoms with E-state index < -0.39 is 10.2 Å². The van der Waals surface area contributed by atoms with Gasteiger partial charge in [-0.05, 0) is 24.6 Å². The number of hydrogen-bond acceptors (Lipinski definition) is 3. The molecule has 0 bridgehead atoms. The molecule has 2 aromatic rings. The van der Waals surface area contributed by atoms with Crippen LogP contribution in [0.5, 0.6) is 0 Å². The third kappa shape index (κ3) is 2.82. The van der Waals surface area contributed by atoms with Gasteiger partial charge >= 0.3 is 0 Å². The summed E-state index contributed by atoms with van der Waals surface area (Å²) in [5.74, 6) is 0. The van der Waals surface area contributed by atoms with E-state index in [1.807, 2.05) is 37.3 Å². The van der Waals surface area contributed by atoms with Gasteiger partial charge in [-0.1, -0.05) is 18.2 Å². The molecule has 0 unspecified atom stereocenters. The molecule has 0 amide bonds. The molecule has 20 heavy (non-hydrogen) atoms. The predicted octanol–water partition coefficient (Wildman–Crippen LogP) is 1.78. The molecule has 0 fully saturated rings. The van der Waals surface area contributed by atoms with Gasteiger partial charge in [-0.15, -0.1) is 0 Å². The van der Waals surface area contributed by atoms with E-state index in [0.29, 0.717) is 6.54 Å².